The van der Waals surface area contributed by atoms with Crippen molar-refractivity contribution in [3.8, 4) is 11.5 Å². The highest BCUT2D eigenvalue weighted by Gasteiger charge is 2.25. The van der Waals surface area contributed by atoms with E-state index in [4.69, 9.17) is 9.47 Å². The number of aromatic amines is 1. The molecule has 2 N–H and O–H groups in total. The Hall–Kier alpha value is -2.46. The molecular formula is C23H26N2O2. The fraction of sp³-hybridized carbons (Fsp3) is 0.391. The Morgan fingerprint density at radius 2 is 1.74 bits per heavy atom. The predicted octanol–water partition coefficient (Wildman–Crippen LogP) is 4.73. The van der Waals surface area contributed by atoms with Gasteiger partial charge in [-0.3, -0.25) is 0 Å². The van der Waals surface area contributed by atoms with E-state index in [0.29, 0.717) is 6.10 Å². The standard InChI is InChI=1S/C23H26N2O2/c1-26-18-10-11-21-20(14-18)19-12-13-24-22(23(19)25-21)15-6-8-17(9-7-15)27-16-4-2-3-5-16/h6-11,14,16,22,24-25H,2-5,12-13H2,1H3/t22-/m0/s1. The van der Waals surface area contributed by atoms with Gasteiger partial charge in [0, 0.05) is 23.1 Å². The van der Waals surface area contributed by atoms with Crippen LogP contribution in [0.2, 0.25) is 0 Å². The average Bonchev–Trinajstić information content (AvgIpc) is 3.35. The summed E-state index contributed by atoms with van der Waals surface area (Å²) in [7, 11) is 1.72. The van der Waals surface area contributed by atoms with Gasteiger partial charge in [0.2, 0.25) is 0 Å². The van der Waals surface area contributed by atoms with Crippen molar-refractivity contribution in [1.82, 2.24) is 10.3 Å². The minimum atomic E-state index is 0.188. The Bertz CT molecular complexity index is 939. The molecule has 2 aliphatic rings. The van der Waals surface area contributed by atoms with Crippen molar-refractivity contribution in [3.63, 3.8) is 0 Å². The summed E-state index contributed by atoms with van der Waals surface area (Å²) in [6, 6.07) is 15.1. The average molecular weight is 362 g/mol. The molecule has 1 aliphatic carbocycles. The second-order valence-corrected chi connectivity index (χ2v) is 7.66. The monoisotopic (exact) mass is 362 g/mol. The molecule has 27 heavy (non-hydrogen) atoms. The molecular weight excluding hydrogens is 336 g/mol. The third-order valence-electron chi connectivity index (χ3n) is 5.98. The van der Waals surface area contributed by atoms with Crippen molar-refractivity contribution < 1.29 is 9.47 Å². The van der Waals surface area contributed by atoms with Crippen LogP contribution < -0.4 is 14.8 Å². The molecule has 0 radical (unpaired) electrons. The zero-order valence-electron chi connectivity index (χ0n) is 15.8. The summed E-state index contributed by atoms with van der Waals surface area (Å²) in [5.74, 6) is 1.90. The molecule has 1 saturated carbocycles. The van der Waals surface area contributed by atoms with Gasteiger partial charge in [-0.25, -0.2) is 0 Å². The van der Waals surface area contributed by atoms with E-state index in [1.807, 2.05) is 6.07 Å². The van der Waals surface area contributed by atoms with Gasteiger partial charge in [0.05, 0.1) is 19.3 Å². The van der Waals surface area contributed by atoms with E-state index in [9.17, 15) is 0 Å². The molecule has 0 bridgehead atoms. The molecule has 140 valence electrons. The van der Waals surface area contributed by atoms with E-state index in [2.05, 4.69) is 46.7 Å². The van der Waals surface area contributed by atoms with E-state index in [1.54, 1.807) is 7.11 Å². The number of aromatic nitrogens is 1. The molecule has 1 aromatic heterocycles. The maximum atomic E-state index is 6.12. The molecule has 4 heteroatoms. The van der Waals surface area contributed by atoms with E-state index in [-0.39, 0.29) is 6.04 Å². The number of fused-ring (bicyclic) bond motifs is 3. The van der Waals surface area contributed by atoms with Crippen LogP contribution in [-0.4, -0.2) is 24.7 Å². The van der Waals surface area contributed by atoms with Crippen molar-refractivity contribution in [2.24, 2.45) is 0 Å². The van der Waals surface area contributed by atoms with Gasteiger partial charge < -0.3 is 19.8 Å². The summed E-state index contributed by atoms with van der Waals surface area (Å²) in [5, 5.41) is 4.95. The van der Waals surface area contributed by atoms with Gasteiger partial charge in [-0.05, 0) is 73.6 Å². The molecule has 2 aromatic carbocycles. The van der Waals surface area contributed by atoms with Gasteiger partial charge in [-0.2, -0.15) is 0 Å². The van der Waals surface area contributed by atoms with Gasteiger partial charge in [0.25, 0.3) is 0 Å². The van der Waals surface area contributed by atoms with Crippen molar-refractivity contribution in [1.29, 1.82) is 0 Å². The quantitative estimate of drug-likeness (QED) is 0.705. The number of methoxy groups -OCH3 is 1. The maximum absolute atomic E-state index is 6.12. The number of ether oxygens (including phenoxy) is 2. The lowest BCUT2D eigenvalue weighted by Gasteiger charge is -2.25. The van der Waals surface area contributed by atoms with Crippen molar-refractivity contribution in [2.45, 2.75) is 44.2 Å². The number of benzene rings is 2. The summed E-state index contributed by atoms with van der Waals surface area (Å²) in [6.45, 7) is 0.974. The Kier molecular flexibility index (Phi) is 4.29. The lowest BCUT2D eigenvalue weighted by atomic mass is 9.94. The maximum Gasteiger partial charge on any atom is 0.119 e. The van der Waals surface area contributed by atoms with Gasteiger partial charge in [0.15, 0.2) is 0 Å². The van der Waals surface area contributed by atoms with Crippen molar-refractivity contribution in [3.05, 3.63) is 59.3 Å². The molecule has 0 amide bonds. The minimum Gasteiger partial charge on any atom is -0.497 e. The third-order valence-corrected chi connectivity index (χ3v) is 5.98. The summed E-state index contributed by atoms with van der Waals surface area (Å²) in [5.41, 5.74) is 5.12. The zero-order valence-corrected chi connectivity index (χ0v) is 15.8. The second-order valence-electron chi connectivity index (χ2n) is 7.66. The van der Waals surface area contributed by atoms with Crippen LogP contribution in [-0.2, 0) is 6.42 Å². The van der Waals surface area contributed by atoms with Crippen LogP contribution in [0, 0.1) is 0 Å². The first-order chi connectivity index (χ1) is 13.3. The molecule has 1 atom stereocenters. The lowest BCUT2D eigenvalue weighted by molar-refractivity contribution is 0.210. The van der Waals surface area contributed by atoms with E-state index in [0.717, 1.165) is 24.5 Å². The zero-order chi connectivity index (χ0) is 18.2. The Balaban J connectivity index is 1.44. The highest BCUT2D eigenvalue weighted by molar-refractivity contribution is 5.86. The topological polar surface area (TPSA) is 46.3 Å². The molecule has 0 spiro atoms. The van der Waals surface area contributed by atoms with Gasteiger partial charge in [0.1, 0.15) is 11.5 Å². The molecule has 4 nitrogen and oxygen atoms in total. The lowest BCUT2D eigenvalue weighted by Crippen LogP contribution is -2.30. The van der Waals surface area contributed by atoms with E-state index < -0.39 is 0 Å². The molecule has 1 fully saturated rings. The van der Waals surface area contributed by atoms with Crippen molar-refractivity contribution in [2.75, 3.05) is 13.7 Å². The van der Waals surface area contributed by atoms with E-state index in [1.165, 1.54) is 53.4 Å². The van der Waals surface area contributed by atoms with Crippen LogP contribution in [0.1, 0.15) is 48.5 Å². The third kappa shape index (κ3) is 3.08. The SMILES string of the molecule is COc1ccc2[nH]c3c(c2c1)CCN[C@H]3c1ccc(OC2CCCC2)cc1. The number of hydrogen-bond donors (Lipinski definition) is 2. The number of nitrogens with one attached hydrogen (secondary N) is 2. The number of rotatable bonds is 4. The van der Waals surface area contributed by atoms with Crippen LogP contribution in [0.15, 0.2) is 42.5 Å². The Morgan fingerprint density at radius 1 is 0.963 bits per heavy atom. The van der Waals surface area contributed by atoms with Crippen molar-refractivity contribution >= 4 is 10.9 Å². The molecule has 0 saturated heterocycles. The minimum absolute atomic E-state index is 0.188. The molecule has 5 rings (SSSR count). The summed E-state index contributed by atoms with van der Waals surface area (Å²) in [6.07, 6.45) is 6.40. The predicted molar refractivity (Wildman–Crippen MR) is 108 cm³/mol. The van der Waals surface area contributed by atoms with Gasteiger partial charge in [-0.1, -0.05) is 12.1 Å². The van der Waals surface area contributed by atoms with Gasteiger partial charge in [-0.15, -0.1) is 0 Å². The molecule has 1 aliphatic heterocycles. The van der Waals surface area contributed by atoms with Crippen LogP contribution in [0.25, 0.3) is 10.9 Å². The highest BCUT2D eigenvalue weighted by Crippen LogP contribution is 2.35. The first-order valence-electron chi connectivity index (χ1n) is 10.0. The van der Waals surface area contributed by atoms with Crippen LogP contribution in [0.4, 0.5) is 0 Å². The summed E-state index contributed by atoms with van der Waals surface area (Å²) < 4.78 is 11.5. The smallest absolute Gasteiger partial charge is 0.119 e. The summed E-state index contributed by atoms with van der Waals surface area (Å²) >= 11 is 0. The first-order valence-corrected chi connectivity index (χ1v) is 10.0. The second kappa shape index (κ2) is 6.93. The van der Waals surface area contributed by atoms with Crippen LogP contribution in [0.3, 0.4) is 0 Å². The Morgan fingerprint density at radius 3 is 2.52 bits per heavy atom. The molecule has 2 heterocycles. The molecule has 3 aromatic rings. The first kappa shape index (κ1) is 16.7. The Labute approximate surface area is 159 Å². The number of hydrogen-bond acceptors (Lipinski definition) is 3. The number of H-pyrrole nitrogens is 1. The summed E-state index contributed by atoms with van der Waals surface area (Å²) in [4.78, 5) is 3.64. The van der Waals surface area contributed by atoms with Gasteiger partial charge >= 0.3 is 0 Å². The largest absolute Gasteiger partial charge is 0.497 e. The fourth-order valence-electron chi connectivity index (χ4n) is 4.56. The van der Waals surface area contributed by atoms with E-state index >= 15 is 0 Å². The van der Waals surface area contributed by atoms with Crippen LogP contribution >= 0.6 is 0 Å². The highest BCUT2D eigenvalue weighted by atomic mass is 16.5. The fourth-order valence-corrected chi connectivity index (χ4v) is 4.56. The molecule has 0 unspecified atom stereocenters. The van der Waals surface area contributed by atoms with Crippen LogP contribution in [0.5, 0.6) is 11.5 Å². The normalized spacial score (nSPS) is 20.0.